The summed E-state index contributed by atoms with van der Waals surface area (Å²) in [5, 5.41) is 4.35. The maximum absolute atomic E-state index is 12.2. The van der Waals surface area contributed by atoms with Crippen LogP contribution in [0.25, 0.3) is 0 Å². The van der Waals surface area contributed by atoms with Crippen molar-refractivity contribution in [2.24, 2.45) is 0 Å². The fourth-order valence-corrected chi connectivity index (χ4v) is 1.47. The van der Waals surface area contributed by atoms with E-state index < -0.39 is 18.0 Å². The van der Waals surface area contributed by atoms with Crippen LogP contribution in [0.2, 0.25) is 0 Å². The van der Waals surface area contributed by atoms with Gasteiger partial charge in [0.05, 0.1) is 11.3 Å². The van der Waals surface area contributed by atoms with E-state index in [1.54, 1.807) is 5.32 Å². The van der Waals surface area contributed by atoms with Crippen LogP contribution in [0.1, 0.15) is 23.2 Å². The summed E-state index contributed by atoms with van der Waals surface area (Å²) >= 11 is 0. The van der Waals surface area contributed by atoms with Gasteiger partial charge in [-0.3, -0.25) is 9.59 Å². The molecule has 4 nitrogen and oxygen atoms in total. The monoisotopic (exact) mass is 272 g/mol. The lowest BCUT2D eigenvalue weighted by atomic mass is 10.1. The van der Waals surface area contributed by atoms with Crippen molar-refractivity contribution in [3.8, 4) is 0 Å². The first-order chi connectivity index (χ1) is 8.88. The molecule has 2 amide bonds. The first-order valence-electron chi connectivity index (χ1n) is 5.66. The number of para-hydroxylation sites is 1. The largest absolute Gasteiger partial charge is 0.471 e. The Morgan fingerprint density at radius 1 is 1.16 bits per heavy atom. The second-order valence-electron chi connectivity index (χ2n) is 4.25. The summed E-state index contributed by atoms with van der Waals surface area (Å²) < 4.78 is 36.5. The van der Waals surface area contributed by atoms with E-state index in [0.717, 1.165) is 12.8 Å². The Kier molecular flexibility index (Phi) is 3.46. The number of hydrogen-bond acceptors (Lipinski definition) is 2. The molecule has 7 heteroatoms. The van der Waals surface area contributed by atoms with E-state index in [-0.39, 0.29) is 17.3 Å². The molecule has 0 radical (unpaired) electrons. The zero-order chi connectivity index (χ0) is 14.0. The first kappa shape index (κ1) is 13.4. The predicted molar refractivity (Wildman–Crippen MR) is 61.6 cm³/mol. The number of carbonyl (C=O) groups is 2. The summed E-state index contributed by atoms with van der Waals surface area (Å²) in [6.07, 6.45) is -3.26. The number of benzene rings is 1. The molecular weight excluding hydrogens is 261 g/mol. The highest BCUT2D eigenvalue weighted by atomic mass is 19.4. The number of amides is 2. The Hall–Kier alpha value is -2.05. The zero-order valence-electron chi connectivity index (χ0n) is 9.75. The maximum Gasteiger partial charge on any atom is 0.471 e. The summed E-state index contributed by atoms with van der Waals surface area (Å²) in [6, 6.07) is 5.67. The second kappa shape index (κ2) is 4.91. The normalized spacial score (nSPS) is 14.9. The molecule has 19 heavy (non-hydrogen) atoms. The van der Waals surface area contributed by atoms with E-state index in [2.05, 4.69) is 5.32 Å². The Balaban J connectivity index is 2.15. The van der Waals surface area contributed by atoms with Gasteiger partial charge in [0, 0.05) is 6.04 Å². The van der Waals surface area contributed by atoms with Gasteiger partial charge >= 0.3 is 12.1 Å². The van der Waals surface area contributed by atoms with E-state index >= 15 is 0 Å². The highest BCUT2D eigenvalue weighted by molar-refractivity contribution is 6.05. The summed E-state index contributed by atoms with van der Waals surface area (Å²) in [7, 11) is 0. The fourth-order valence-electron chi connectivity index (χ4n) is 1.47. The number of carbonyl (C=O) groups excluding carboxylic acids is 2. The van der Waals surface area contributed by atoms with Gasteiger partial charge in [0.15, 0.2) is 0 Å². The van der Waals surface area contributed by atoms with Crippen LogP contribution in [-0.4, -0.2) is 24.0 Å². The molecule has 0 saturated heterocycles. The molecule has 1 fully saturated rings. The smallest absolute Gasteiger partial charge is 0.349 e. The lowest BCUT2D eigenvalue weighted by Gasteiger charge is -2.12. The SMILES string of the molecule is O=C(NC1CC1)c1ccccc1NC(=O)C(F)(F)F. The van der Waals surface area contributed by atoms with E-state index in [0.29, 0.717) is 0 Å². The van der Waals surface area contributed by atoms with Crippen LogP contribution in [0.15, 0.2) is 24.3 Å². The van der Waals surface area contributed by atoms with Crippen LogP contribution < -0.4 is 10.6 Å². The van der Waals surface area contributed by atoms with Gasteiger partial charge in [0.1, 0.15) is 0 Å². The molecule has 0 unspecified atom stereocenters. The molecule has 0 heterocycles. The topological polar surface area (TPSA) is 58.2 Å². The van der Waals surface area contributed by atoms with Gasteiger partial charge in [0.25, 0.3) is 5.91 Å². The number of alkyl halides is 3. The molecule has 0 bridgehead atoms. The molecule has 2 rings (SSSR count). The number of anilines is 1. The van der Waals surface area contributed by atoms with Crippen molar-refractivity contribution in [3.05, 3.63) is 29.8 Å². The average molecular weight is 272 g/mol. The summed E-state index contributed by atoms with van der Waals surface area (Å²) in [5.74, 6) is -2.58. The minimum Gasteiger partial charge on any atom is -0.349 e. The Labute approximate surface area is 107 Å². The molecular formula is C12H11F3N2O2. The zero-order valence-corrected chi connectivity index (χ0v) is 9.75. The molecule has 1 aromatic rings. The van der Waals surface area contributed by atoms with E-state index in [4.69, 9.17) is 0 Å². The highest BCUT2D eigenvalue weighted by Gasteiger charge is 2.39. The highest BCUT2D eigenvalue weighted by Crippen LogP contribution is 2.23. The quantitative estimate of drug-likeness (QED) is 0.885. The molecule has 1 aromatic carbocycles. The van der Waals surface area contributed by atoms with E-state index in [1.807, 2.05) is 0 Å². The third-order valence-electron chi connectivity index (χ3n) is 2.59. The van der Waals surface area contributed by atoms with Crippen molar-refractivity contribution in [3.63, 3.8) is 0 Å². The molecule has 1 saturated carbocycles. The van der Waals surface area contributed by atoms with Gasteiger partial charge in [-0.2, -0.15) is 13.2 Å². The summed E-state index contributed by atoms with van der Waals surface area (Å²) in [4.78, 5) is 22.7. The van der Waals surface area contributed by atoms with Crippen molar-refractivity contribution in [2.45, 2.75) is 25.1 Å². The molecule has 1 aliphatic carbocycles. The van der Waals surface area contributed by atoms with E-state index in [9.17, 15) is 22.8 Å². The average Bonchev–Trinajstić information content (AvgIpc) is 3.12. The fraction of sp³-hybridized carbons (Fsp3) is 0.333. The summed E-state index contributed by atoms with van der Waals surface area (Å²) in [5.41, 5.74) is -0.130. The molecule has 2 N–H and O–H groups in total. The van der Waals surface area contributed by atoms with Gasteiger partial charge in [0.2, 0.25) is 0 Å². The molecule has 1 aliphatic rings. The van der Waals surface area contributed by atoms with E-state index in [1.165, 1.54) is 24.3 Å². The molecule has 0 atom stereocenters. The number of hydrogen-bond donors (Lipinski definition) is 2. The second-order valence-corrected chi connectivity index (χ2v) is 4.25. The lowest BCUT2D eigenvalue weighted by Crippen LogP contribution is -2.32. The third-order valence-corrected chi connectivity index (χ3v) is 2.59. The predicted octanol–water partition coefficient (Wildman–Crippen LogP) is 2.08. The lowest BCUT2D eigenvalue weighted by molar-refractivity contribution is -0.167. The molecule has 0 aliphatic heterocycles. The van der Waals surface area contributed by atoms with Gasteiger partial charge in [-0.1, -0.05) is 12.1 Å². The standard InChI is InChI=1S/C12H11F3N2O2/c13-12(14,15)11(19)17-9-4-2-1-3-8(9)10(18)16-7-5-6-7/h1-4,7H,5-6H2,(H,16,18)(H,17,19). The van der Waals surface area contributed by atoms with Crippen LogP contribution in [0.5, 0.6) is 0 Å². The Morgan fingerprint density at radius 3 is 2.37 bits per heavy atom. The minimum atomic E-state index is -4.99. The Bertz CT molecular complexity index is 510. The van der Waals surface area contributed by atoms with Crippen molar-refractivity contribution in [1.82, 2.24) is 5.32 Å². The molecule has 0 spiro atoms. The van der Waals surface area contributed by atoms with Crippen LogP contribution >= 0.6 is 0 Å². The number of rotatable bonds is 3. The maximum atomic E-state index is 12.2. The van der Waals surface area contributed by atoms with Gasteiger partial charge in [-0.15, -0.1) is 0 Å². The number of nitrogens with one attached hydrogen (secondary N) is 2. The van der Waals surface area contributed by atoms with Gasteiger partial charge < -0.3 is 10.6 Å². The van der Waals surface area contributed by atoms with Gasteiger partial charge in [-0.05, 0) is 25.0 Å². The van der Waals surface area contributed by atoms with Crippen LogP contribution in [-0.2, 0) is 4.79 Å². The van der Waals surface area contributed by atoms with Crippen molar-refractivity contribution >= 4 is 17.5 Å². The first-order valence-corrected chi connectivity index (χ1v) is 5.66. The van der Waals surface area contributed by atoms with Gasteiger partial charge in [-0.25, -0.2) is 0 Å². The van der Waals surface area contributed by atoms with Crippen LogP contribution in [0.3, 0.4) is 0 Å². The molecule has 102 valence electrons. The van der Waals surface area contributed by atoms with Crippen molar-refractivity contribution in [1.29, 1.82) is 0 Å². The minimum absolute atomic E-state index is 0.0204. The Morgan fingerprint density at radius 2 is 1.79 bits per heavy atom. The summed E-state index contributed by atoms with van der Waals surface area (Å²) in [6.45, 7) is 0. The van der Waals surface area contributed by atoms with Crippen LogP contribution in [0, 0.1) is 0 Å². The third kappa shape index (κ3) is 3.46. The van der Waals surface area contributed by atoms with Crippen molar-refractivity contribution in [2.75, 3.05) is 5.32 Å². The number of halogens is 3. The van der Waals surface area contributed by atoms with Crippen LogP contribution in [0.4, 0.5) is 18.9 Å². The molecule has 0 aromatic heterocycles. The van der Waals surface area contributed by atoms with Crippen molar-refractivity contribution < 1.29 is 22.8 Å².